The number of anilines is 1. The molecule has 2 heterocycles. The number of ether oxygens (including phenoxy) is 1. The number of nitrogens with one attached hydrogen (secondary N) is 2. The van der Waals surface area contributed by atoms with E-state index in [2.05, 4.69) is 15.2 Å². The van der Waals surface area contributed by atoms with Crippen LogP contribution in [0.25, 0.3) is 0 Å². The van der Waals surface area contributed by atoms with E-state index in [9.17, 15) is 9.18 Å². The fourth-order valence-corrected chi connectivity index (χ4v) is 3.95. The predicted molar refractivity (Wildman–Crippen MR) is 117 cm³/mol. The third-order valence-electron chi connectivity index (χ3n) is 5.58. The van der Waals surface area contributed by atoms with Crippen molar-refractivity contribution in [1.29, 1.82) is 0 Å². The Balaban J connectivity index is 1.39. The fourth-order valence-electron chi connectivity index (χ4n) is 3.95. The second-order valence-electron chi connectivity index (χ2n) is 7.54. The molecule has 0 spiro atoms. The molecule has 0 aliphatic carbocycles. The van der Waals surface area contributed by atoms with Crippen LogP contribution in [0.4, 0.5) is 14.9 Å². The summed E-state index contributed by atoms with van der Waals surface area (Å²) < 4.78 is 18.6. The van der Waals surface area contributed by atoms with Gasteiger partial charge < -0.3 is 19.9 Å². The highest BCUT2D eigenvalue weighted by Gasteiger charge is 2.29. The topological polar surface area (TPSA) is 58.9 Å². The van der Waals surface area contributed by atoms with Crippen molar-refractivity contribution < 1.29 is 18.8 Å². The highest BCUT2D eigenvalue weighted by atomic mass is 19.1. The Morgan fingerprint density at radius 2 is 1.81 bits per heavy atom. The maximum atomic E-state index is 13.2. The molecule has 1 aliphatic heterocycles. The molecule has 0 radical (unpaired) electrons. The van der Waals surface area contributed by atoms with E-state index in [-0.39, 0.29) is 11.9 Å². The van der Waals surface area contributed by atoms with Crippen LogP contribution in [-0.2, 0) is 0 Å². The number of benzene rings is 2. The first-order chi connectivity index (χ1) is 15.2. The van der Waals surface area contributed by atoms with Gasteiger partial charge in [-0.2, -0.15) is 0 Å². The molecule has 2 aromatic carbocycles. The van der Waals surface area contributed by atoms with Crippen LogP contribution in [0.2, 0.25) is 0 Å². The predicted octanol–water partition coefficient (Wildman–Crippen LogP) is 2.46. The van der Waals surface area contributed by atoms with Crippen LogP contribution in [0.3, 0.4) is 0 Å². The monoisotopic (exact) mass is 421 g/mol. The average Bonchev–Trinajstić information content (AvgIpc) is 2.81. The van der Waals surface area contributed by atoms with Gasteiger partial charge in [0.15, 0.2) is 0 Å². The number of carbonyl (C=O) groups excluding carboxylic acids is 1. The van der Waals surface area contributed by atoms with Gasteiger partial charge >= 0.3 is 6.09 Å². The molecule has 4 rings (SSSR count). The number of quaternary nitrogens is 1. The molecule has 1 atom stereocenters. The quantitative estimate of drug-likeness (QED) is 0.642. The van der Waals surface area contributed by atoms with E-state index < -0.39 is 6.09 Å². The van der Waals surface area contributed by atoms with Crippen LogP contribution in [0.1, 0.15) is 11.6 Å². The van der Waals surface area contributed by atoms with E-state index in [1.54, 1.807) is 18.3 Å². The van der Waals surface area contributed by atoms with Crippen molar-refractivity contribution in [2.75, 3.05) is 37.6 Å². The zero-order chi connectivity index (χ0) is 21.5. The molecule has 6 nitrogen and oxygen atoms in total. The van der Waals surface area contributed by atoms with E-state index in [4.69, 9.17) is 4.74 Å². The summed E-state index contributed by atoms with van der Waals surface area (Å²) in [5.41, 5.74) is 2.11. The van der Waals surface area contributed by atoms with E-state index >= 15 is 0 Å². The van der Waals surface area contributed by atoms with Crippen LogP contribution in [-0.4, -0.2) is 43.8 Å². The first-order valence-electron chi connectivity index (χ1n) is 10.4. The normalized spacial score (nSPS) is 15.3. The SMILES string of the molecule is O=C(NCC(c1cccnc1)[NH+]1CCN(c2ccc(F)cc2)CC1)Oc1ccccc1. The van der Waals surface area contributed by atoms with Gasteiger partial charge in [0, 0.05) is 23.6 Å². The van der Waals surface area contributed by atoms with Gasteiger partial charge in [-0.1, -0.05) is 18.2 Å². The lowest BCUT2D eigenvalue weighted by molar-refractivity contribution is -0.931. The molecular formula is C24H26FN4O2+. The second-order valence-corrected chi connectivity index (χ2v) is 7.54. The van der Waals surface area contributed by atoms with Gasteiger partial charge in [0.2, 0.25) is 0 Å². The van der Waals surface area contributed by atoms with Crippen LogP contribution in [0.15, 0.2) is 79.1 Å². The number of nitrogens with zero attached hydrogens (tertiary/aromatic N) is 2. The summed E-state index contributed by atoms with van der Waals surface area (Å²) in [5.74, 6) is 0.288. The lowest BCUT2D eigenvalue weighted by Gasteiger charge is -2.37. The molecule has 1 amide bonds. The second kappa shape index (κ2) is 10.0. The molecule has 1 unspecified atom stereocenters. The van der Waals surface area contributed by atoms with Gasteiger partial charge in [0.05, 0.1) is 32.7 Å². The summed E-state index contributed by atoms with van der Waals surface area (Å²) in [6.07, 6.45) is 3.14. The number of piperazine rings is 1. The van der Waals surface area contributed by atoms with Gasteiger partial charge in [-0.3, -0.25) is 4.98 Å². The molecular weight excluding hydrogens is 395 g/mol. The van der Waals surface area contributed by atoms with Gasteiger partial charge in [0.25, 0.3) is 0 Å². The highest BCUT2D eigenvalue weighted by Crippen LogP contribution is 2.16. The number of rotatable bonds is 6. The van der Waals surface area contributed by atoms with Crippen LogP contribution < -0.4 is 19.9 Å². The molecule has 1 aromatic heterocycles. The summed E-state index contributed by atoms with van der Waals surface area (Å²) in [4.78, 5) is 20.2. The first kappa shape index (κ1) is 20.8. The van der Waals surface area contributed by atoms with Crippen LogP contribution >= 0.6 is 0 Å². The number of hydrogen-bond donors (Lipinski definition) is 2. The zero-order valence-electron chi connectivity index (χ0n) is 17.2. The maximum Gasteiger partial charge on any atom is 0.412 e. The first-order valence-corrected chi connectivity index (χ1v) is 10.4. The van der Waals surface area contributed by atoms with Crippen molar-refractivity contribution in [2.24, 2.45) is 0 Å². The van der Waals surface area contributed by atoms with Crippen LogP contribution in [0, 0.1) is 5.82 Å². The Labute approximate surface area is 181 Å². The lowest BCUT2D eigenvalue weighted by atomic mass is 10.1. The molecule has 2 N–H and O–H groups in total. The van der Waals surface area contributed by atoms with Gasteiger partial charge in [-0.15, -0.1) is 0 Å². The minimum Gasteiger partial charge on any atom is -0.410 e. The van der Waals surface area contributed by atoms with Crippen molar-refractivity contribution in [3.05, 3.63) is 90.5 Å². The van der Waals surface area contributed by atoms with Crippen molar-refractivity contribution in [3.63, 3.8) is 0 Å². The molecule has 0 saturated carbocycles. The number of pyridine rings is 1. The Kier molecular flexibility index (Phi) is 6.74. The van der Waals surface area contributed by atoms with Gasteiger partial charge in [0.1, 0.15) is 17.6 Å². The highest BCUT2D eigenvalue weighted by molar-refractivity contribution is 5.70. The third kappa shape index (κ3) is 5.58. The standard InChI is InChI=1S/C24H25FN4O2/c25-20-8-10-21(11-9-20)28-13-15-29(16-14-28)23(19-5-4-12-26-17-19)18-27-24(30)31-22-6-2-1-3-7-22/h1-12,17,23H,13-16,18H2,(H,27,30)/p+1. The van der Waals surface area contributed by atoms with E-state index in [0.717, 1.165) is 37.4 Å². The Morgan fingerprint density at radius 3 is 2.48 bits per heavy atom. The Hall–Kier alpha value is -3.45. The molecule has 7 heteroatoms. The summed E-state index contributed by atoms with van der Waals surface area (Å²) in [7, 11) is 0. The number of halogens is 1. The molecule has 31 heavy (non-hydrogen) atoms. The maximum absolute atomic E-state index is 13.2. The van der Waals surface area contributed by atoms with Crippen molar-refractivity contribution in [2.45, 2.75) is 6.04 Å². The smallest absolute Gasteiger partial charge is 0.410 e. The molecule has 0 bridgehead atoms. The van der Waals surface area contributed by atoms with E-state index in [0.29, 0.717) is 12.3 Å². The fraction of sp³-hybridized carbons (Fsp3) is 0.250. The minimum atomic E-state index is -0.468. The Bertz CT molecular complexity index is 962. The lowest BCUT2D eigenvalue weighted by Crippen LogP contribution is -3.15. The molecule has 1 fully saturated rings. The van der Waals surface area contributed by atoms with Gasteiger partial charge in [-0.05, 0) is 48.5 Å². The largest absolute Gasteiger partial charge is 0.412 e. The average molecular weight is 421 g/mol. The molecule has 1 saturated heterocycles. The number of amides is 1. The van der Waals surface area contributed by atoms with Crippen LogP contribution in [0.5, 0.6) is 5.75 Å². The van der Waals surface area contributed by atoms with E-state index in [1.165, 1.54) is 17.0 Å². The minimum absolute atomic E-state index is 0.0624. The number of carbonyl (C=O) groups is 1. The summed E-state index contributed by atoms with van der Waals surface area (Å²) >= 11 is 0. The number of para-hydroxylation sites is 1. The zero-order valence-corrected chi connectivity index (χ0v) is 17.2. The summed E-state index contributed by atoms with van der Waals surface area (Å²) in [6.45, 7) is 3.94. The number of hydrogen-bond acceptors (Lipinski definition) is 4. The van der Waals surface area contributed by atoms with Crippen molar-refractivity contribution in [1.82, 2.24) is 10.3 Å². The molecule has 160 valence electrons. The Morgan fingerprint density at radius 1 is 1.06 bits per heavy atom. The molecule has 1 aliphatic rings. The third-order valence-corrected chi connectivity index (χ3v) is 5.58. The van der Waals surface area contributed by atoms with E-state index in [1.807, 2.05) is 48.7 Å². The summed E-state index contributed by atoms with van der Waals surface area (Å²) in [5, 5.41) is 2.91. The summed E-state index contributed by atoms with van der Waals surface area (Å²) in [6, 6.07) is 19.7. The number of aromatic nitrogens is 1. The van der Waals surface area contributed by atoms with Gasteiger partial charge in [-0.25, -0.2) is 9.18 Å². The van der Waals surface area contributed by atoms with Crippen molar-refractivity contribution in [3.8, 4) is 5.75 Å². The van der Waals surface area contributed by atoms with Crippen molar-refractivity contribution >= 4 is 11.8 Å². The molecule has 3 aromatic rings.